The maximum atomic E-state index is 14.8. The van der Waals surface area contributed by atoms with Crippen LogP contribution in [-0.4, -0.2) is 49.3 Å². The SMILES string of the molecule is CCOC(=O)[C@@](C)(OCC(C)(NS(=O)(=O)c1ccccc1[N+](=O)[O-])c1cc(Br)ncc1F)C(F)(F)F. The van der Waals surface area contributed by atoms with Gasteiger partial charge in [-0.05, 0) is 48.8 Å². The minimum Gasteiger partial charge on any atom is -0.464 e. The molecule has 2 rings (SSSR count). The van der Waals surface area contributed by atoms with Gasteiger partial charge in [-0.15, -0.1) is 0 Å². The summed E-state index contributed by atoms with van der Waals surface area (Å²) in [6, 6.07) is 5.15. The zero-order valence-electron chi connectivity index (χ0n) is 18.9. The topological polar surface area (TPSA) is 138 Å². The Morgan fingerprint density at radius 1 is 1.25 bits per heavy atom. The number of nitro benzene ring substituents is 1. The van der Waals surface area contributed by atoms with Crippen LogP contribution in [0.5, 0.6) is 0 Å². The number of carbonyl (C=O) groups excluding carboxylic acids is 1. The second-order valence-corrected chi connectivity index (χ2v) is 10.2. The fraction of sp³-hybridized carbons (Fsp3) is 0.400. The number of alkyl halides is 3. The third-order valence-corrected chi connectivity index (χ3v) is 7.06. The van der Waals surface area contributed by atoms with E-state index in [0.717, 1.165) is 25.1 Å². The highest BCUT2D eigenvalue weighted by molar-refractivity contribution is 9.10. The molecule has 1 unspecified atom stereocenters. The van der Waals surface area contributed by atoms with Crippen molar-refractivity contribution in [3.8, 4) is 0 Å². The number of nitro groups is 1. The van der Waals surface area contributed by atoms with Crippen molar-refractivity contribution in [3.05, 3.63) is 62.6 Å². The normalized spacial score (nSPS) is 15.6. The van der Waals surface area contributed by atoms with Crippen LogP contribution in [0, 0.1) is 15.9 Å². The summed E-state index contributed by atoms with van der Waals surface area (Å²) in [5.41, 5.74) is -7.26. The van der Waals surface area contributed by atoms with Crippen molar-refractivity contribution in [2.75, 3.05) is 13.2 Å². The lowest BCUT2D eigenvalue weighted by Crippen LogP contribution is -2.56. The van der Waals surface area contributed by atoms with Gasteiger partial charge in [0.1, 0.15) is 10.4 Å². The maximum Gasteiger partial charge on any atom is 0.428 e. The van der Waals surface area contributed by atoms with Gasteiger partial charge in [-0.25, -0.2) is 22.6 Å². The van der Waals surface area contributed by atoms with Crippen LogP contribution in [-0.2, 0) is 29.8 Å². The number of halogens is 5. The molecule has 0 aliphatic heterocycles. The number of benzene rings is 1. The Balaban J connectivity index is 2.65. The number of ether oxygens (including phenoxy) is 2. The fourth-order valence-electron chi connectivity index (χ4n) is 3.00. The van der Waals surface area contributed by atoms with Gasteiger partial charge in [0.15, 0.2) is 4.90 Å². The summed E-state index contributed by atoms with van der Waals surface area (Å²) >= 11 is 2.97. The highest BCUT2D eigenvalue weighted by atomic mass is 79.9. The number of nitrogens with one attached hydrogen (secondary N) is 1. The number of aromatic nitrogens is 1. The lowest BCUT2D eigenvalue weighted by atomic mass is 9.94. The Kier molecular flexibility index (Phi) is 8.81. The highest BCUT2D eigenvalue weighted by Gasteiger charge is 2.60. The van der Waals surface area contributed by atoms with Crippen molar-refractivity contribution >= 4 is 37.6 Å². The Bertz CT molecular complexity index is 1260. The van der Waals surface area contributed by atoms with E-state index in [4.69, 9.17) is 4.74 Å². The lowest BCUT2D eigenvalue weighted by Gasteiger charge is -2.36. The molecule has 16 heteroatoms. The number of sulfonamides is 1. The largest absolute Gasteiger partial charge is 0.464 e. The minimum atomic E-state index is -5.31. The van der Waals surface area contributed by atoms with Crippen LogP contribution in [0.25, 0.3) is 0 Å². The number of hydrogen-bond acceptors (Lipinski definition) is 8. The van der Waals surface area contributed by atoms with Gasteiger partial charge in [0.25, 0.3) is 11.3 Å². The third-order valence-electron chi connectivity index (χ3n) is 4.98. The molecule has 1 heterocycles. The lowest BCUT2D eigenvalue weighted by molar-refractivity contribution is -0.387. The molecule has 198 valence electrons. The van der Waals surface area contributed by atoms with Gasteiger partial charge in [0.05, 0.1) is 29.9 Å². The number of nitrogens with zero attached hydrogens (tertiary/aromatic N) is 2. The first-order valence-corrected chi connectivity index (χ1v) is 12.2. The zero-order chi connectivity index (χ0) is 27.5. The molecular formula is C20H20BrF4N3O7S. The van der Waals surface area contributed by atoms with Crippen molar-refractivity contribution in [1.29, 1.82) is 0 Å². The van der Waals surface area contributed by atoms with E-state index in [1.165, 1.54) is 19.1 Å². The number of esters is 1. The van der Waals surface area contributed by atoms with Crippen molar-refractivity contribution in [3.63, 3.8) is 0 Å². The molecular weight excluding hydrogens is 582 g/mol. The standard InChI is InChI=1S/C20H20BrF4N3O7S/c1-4-34-17(29)19(3,20(23,24)25)35-11-18(2,12-9-16(21)26-10-13(12)22)27-36(32,33)15-8-6-5-7-14(15)28(30)31/h5-10,27H,4,11H2,1-3H3/t18?,19-/m1/s1. The summed E-state index contributed by atoms with van der Waals surface area (Å²) in [5, 5.41) is 11.3. The second kappa shape index (κ2) is 10.7. The van der Waals surface area contributed by atoms with Crippen molar-refractivity contribution < 1.29 is 45.2 Å². The van der Waals surface area contributed by atoms with E-state index in [-0.39, 0.29) is 4.60 Å². The molecule has 0 amide bonds. The fourth-order valence-corrected chi connectivity index (χ4v) is 4.88. The highest BCUT2D eigenvalue weighted by Crippen LogP contribution is 2.38. The van der Waals surface area contributed by atoms with Gasteiger partial charge in [0.2, 0.25) is 10.0 Å². The molecule has 0 saturated carbocycles. The van der Waals surface area contributed by atoms with E-state index < -0.39 is 73.4 Å². The number of carbonyl (C=O) groups is 1. The van der Waals surface area contributed by atoms with Crippen molar-refractivity contribution in [2.45, 2.75) is 43.0 Å². The van der Waals surface area contributed by atoms with E-state index in [0.29, 0.717) is 13.1 Å². The predicted octanol–water partition coefficient (Wildman–Crippen LogP) is 3.99. The van der Waals surface area contributed by atoms with Crippen LogP contribution in [0.4, 0.5) is 23.2 Å². The Labute approximate surface area is 211 Å². The van der Waals surface area contributed by atoms with Gasteiger partial charge in [-0.1, -0.05) is 12.1 Å². The zero-order valence-corrected chi connectivity index (χ0v) is 21.3. The van der Waals surface area contributed by atoms with E-state index in [9.17, 15) is 40.9 Å². The molecule has 1 aromatic heterocycles. The molecule has 36 heavy (non-hydrogen) atoms. The van der Waals surface area contributed by atoms with Crippen LogP contribution in [0.1, 0.15) is 26.3 Å². The average Bonchev–Trinajstić information content (AvgIpc) is 2.78. The summed E-state index contributed by atoms with van der Waals surface area (Å²) in [7, 11) is -4.88. The van der Waals surface area contributed by atoms with Crippen LogP contribution in [0.3, 0.4) is 0 Å². The molecule has 0 saturated heterocycles. The van der Waals surface area contributed by atoms with Crippen molar-refractivity contribution in [2.24, 2.45) is 0 Å². The van der Waals surface area contributed by atoms with Crippen molar-refractivity contribution in [1.82, 2.24) is 9.71 Å². The van der Waals surface area contributed by atoms with E-state index in [1.54, 1.807) is 0 Å². The van der Waals surface area contributed by atoms with Gasteiger partial charge < -0.3 is 9.47 Å². The molecule has 0 spiro atoms. The first-order chi connectivity index (χ1) is 16.5. The molecule has 0 aliphatic rings. The van der Waals surface area contributed by atoms with E-state index in [1.807, 2.05) is 4.72 Å². The number of pyridine rings is 1. The molecule has 0 aliphatic carbocycles. The summed E-state index contributed by atoms with van der Waals surface area (Å²) in [5.74, 6) is -2.95. The molecule has 0 bridgehead atoms. The van der Waals surface area contributed by atoms with E-state index in [2.05, 4.69) is 25.7 Å². The van der Waals surface area contributed by atoms with Crippen LogP contribution in [0.15, 0.2) is 46.0 Å². The van der Waals surface area contributed by atoms with E-state index >= 15 is 0 Å². The van der Waals surface area contributed by atoms with Crippen LogP contribution < -0.4 is 4.72 Å². The molecule has 0 radical (unpaired) electrons. The molecule has 2 aromatic rings. The van der Waals surface area contributed by atoms with Gasteiger partial charge >= 0.3 is 12.1 Å². The maximum absolute atomic E-state index is 14.8. The Morgan fingerprint density at radius 3 is 2.42 bits per heavy atom. The third kappa shape index (κ3) is 6.16. The van der Waals surface area contributed by atoms with Gasteiger partial charge in [0, 0.05) is 11.6 Å². The summed E-state index contributed by atoms with van der Waals surface area (Å²) in [4.78, 5) is 25.3. The number of rotatable bonds is 10. The average molecular weight is 602 g/mol. The smallest absolute Gasteiger partial charge is 0.428 e. The summed E-state index contributed by atoms with van der Waals surface area (Å²) in [6.07, 6.45) is -4.64. The first-order valence-electron chi connectivity index (χ1n) is 9.95. The number of hydrogen-bond donors (Lipinski definition) is 1. The molecule has 1 aromatic carbocycles. The van der Waals surface area contributed by atoms with Crippen LogP contribution >= 0.6 is 15.9 Å². The molecule has 0 fully saturated rings. The summed E-state index contributed by atoms with van der Waals surface area (Å²) in [6.45, 7) is 0.951. The Morgan fingerprint density at radius 2 is 1.86 bits per heavy atom. The number of para-hydroxylation sites is 1. The van der Waals surface area contributed by atoms with Gasteiger partial charge in [-0.2, -0.15) is 17.9 Å². The predicted molar refractivity (Wildman–Crippen MR) is 120 cm³/mol. The monoisotopic (exact) mass is 601 g/mol. The molecule has 2 atom stereocenters. The van der Waals surface area contributed by atoms with Crippen LogP contribution in [0.2, 0.25) is 0 Å². The first kappa shape index (κ1) is 29.5. The Hall–Kier alpha value is -2.69. The summed E-state index contributed by atoms with van der Waals surface area (Å²) < 4.78 is 93.9. The minimum absolute atomic E-state index is 0.0148. The van der Waals surface area contributed by atoms with Gasteiger partial charge in [-0.3, -0.25) is 10.1 Å². The molecule has 10 nitrogen and oxygen atoms in total. The quantitative estimate of drug-likeness (QED) is 0.142. The molecule has 1 N–H and O–H groups in total. The second-order valence-electron chi connectivity index (χ2n) is 7.69.